The van der Waals surface area contributed by atoms with E-state index in [2.05, 4.69) is 9.97 Å². The summed E-state index contributed by atoms with van der Waals surface area (Å²) in [4.78, 5) is 8.54. The van der Waals surface area contributed by atoms with Crippen molar-refractivity contribution in [3.05, 3.63) is 17.1 Å². The third kappa shape index (κ3) is 3.44. The predicted molar refractivity (Wildman–Crippen MR) is 60.1 cm³/mol. The van der Waals surface area contributed by atoms with Gasteiger partial charge in [-0.15, -0.1) is 11.8 Å². The molecule has 0 spiro atoms. The molecular formula is C10H16N2O2S. The van der Waals surface area contributed by atoms with Crippen molar-refractivity contribution in [1.29, 1.82) is 0 Å². The molecule has 5 heteroatoms. The molecule has 0 radical (unpaired) electrons. The zero-order chi connectivity index (χ0) is 11.4. The maximum absolute atomic E-state index is 9.23. The quantitative estimate of drug-likeness (QED) is 0.590. The van der Waals surface area contributed by atoms with Crippen molar-refractivity contribution in [2.24, 2.45) is 0 Å². The number of aryl methyl sites for hydroxylation is 2. The lowest BCUT2D eigenvalue weighted by Gasteiger charge is -2.10. The Hall–Kier alpha value is -0.650. The van der Waals surface area contributed by atoms with Crippen LogP contribution in [0.4, 0.5) is 0 Å². The lowest BCUT2D eigenvalue weighted by Crippen LogP contribution is -2.15. The Morgan fingerprint density at radius 1 is 1.27 bits per heavy atom. The summed E-state index contributed by atoms with van der Waals surface area (Å²) < 4.78 is 0. The molecule has 0 saturated heterocycles. The lowest BCUT2D eigenvalue weighted by atomic mass is 10.3. The molecule has 0 aromatic carbocycles. The first-order chi connectivity index (χ1) is 7.04. The van der Waals surface area contributed by atoms with Gasteiger partial charge in [0.05, 0.1) is 12.7 Å². The summed E-state index contributed by atoms with van der Waals surface area (Å²) in [6.45, 7) is 5.53. The maximum Gasteiger partial charge on any atom is 0.126 e. The minimum Gasteiger partial charge on any atom is -0.394 e. The third-order valence-electron chi connectivity index (χ3n) is 2.08. The van der Waals surface area contributed by atoms with Crippen molar-refractivity contribution < 1.29 is 10.2 Å². The van der Waals surface area contributed by atoms with Gasteiger partial charge in [-0.25, -0.2) is 9.97 Å². The van der Waals surface area contributed by atoms with Crippen molar-refractivity contribution in [1.82, 2.24) is 9.97 Å². The summed E-state index contributed by atoms with van der Waals surface area (Å²) in [6.07, 6.45) is -0.690. The molecule has 1 atom stereocenters. The van der Waals surface area contributed by atoms with E-state index in [1.807, 2.05) is 20.8 Å². The number of thioether (sulfide) groups is 1. The van der Waals surface area contributed by atoms with Crippen LogP contribution in [0.15, 0.2) is 5.03 Å². The second-order valence-electron chi connectivity index (χ2n) is 3.43. The normalized spacial score (nSPS) is 12.9. The van der Waals surface area contributed by atoms with Gasteiger partial charge in [0.15, 0.2) is 0 Å². The van der Waals surface area contributed by atoms with Gasteiger partial charge in [0.1, 0.15) is 10.9 Å². The molecule has 1 aromatic heterocycles. The summed E-state index contributed by atoms with van der Waals surface area (Å²) in [6, 6.07) is 0. The molecule has 4 nitrogen and oxygen atoms in total. The van der Waals surface area contributed by atoms with Crippen LogP contribution in [-0.2, 0) is 0 Å². The monoisotopic (exact) mass is 228 g/mol. The van der Waals surface area contributed by atoms with Crippen molar-refractivity contribution in [2.75, 3.05) is 12.4 Å². The summed E-state index contributed by atoms with van der Waals surface area (Å²) in [5.41, 5.74) is 2.00. The van der Waals surface area contributed by atoms with Crippen LogP contribution in [0.2, 0.25) is 0 Å². The maximum atomic E-state index is 9.23. The number of hydrogen-bond acceptors (Lipinski definition) is 5. The molecule has 1 heterocycles. The highest BCUT2D eigenvalue weighted by atomic mass is 32.2. The molecule has 0 aliphatic heterocycles. The van der Waals surface area contributed by atoms with E-state index in [1.165, 1.54) is 11.8 Å². The number of aromatic nitrogens is 2. The minimum absolute atomic E-state index is 0.213. The lowest BCUT2D eigenvalue weighted by molar-refractivity contribution is 0.113. The van der Waals surface area contributed by atoms with Gasteiger partial charge in [-0.05, 0) is 20.8 Å². The largest absolute Gasteiger partial charge is 0.394 e. The molecule has 1 aromatic rings. The van der Waals surface area contributed by atoms with E-state index in [-0.39, 0.29) is 6.61 Å². The Morgan fingerprint density at radius 3 is 2.53 bits per heavy atom. The van der Waals surface area contributed by atoms with Crippen LogP contribution >= 0.6 is 11.8 Å². The van der Waals surface area contributed by atoms with Crippen LogP contribution in [0.25, 0.3) is 0 Å². The first-order valence-corrected chi connectivity index (χ1v) is 5.76. The molecule has 0 amide bonds. The Kier molecular flexibility index (Phi) is 4.50. The average Bonchev–Trinajstić information content (AvgIpc) is 2.20. The molecule has 0 saturated carbocycles. The molecule has 0 unspecified atom stereocenters. The fraction of sp³-hybridized carbons (Fsp3) is 0.600. The van der Waals surface area contributed by atoms with Crippen LogP contribution in [0.3, 0.4) is 0 Å². The highest BCUT2D eigenvalue weighted by Gasteiger charge is 2.09. The smallest absolute Gasteiger partial charge is 0.126 e. The van der Waals surface area contributed by atoms with Crippen molar-refractivity contribution in [3.8, 4) is 0 Å². The number of aliphatic hydroxyl groups excluding tert-OH is 2. The summed E-state index contributed by atoms with van der Waals surface area (Å²) in [7, 11) is 0. The number of hydrogen-bond donors (Lipinski definition) is 2. The van der Waals surface area contributed by atoms with Gasteiger partial charge in [-0.1, -0.05) is 0 Å². The van der Waals surface area contributed by atoms with Gasteiger partial charge in [0.25, 0.3) is 0 Å². The zero-order valence-electron chi connectivity index (χ0n) is 9.19. The van der Waals surface area contributed by atoms with Gasteiger partial charge in [0, 0.05) is 17.0 Å². The third-order valence-corrected chi connectivity index (χ3v) is 3.30. The first-order valence-electron chi connectivity index (χ1n) is 4.78. The van der Waals surface area contributed by atoms with E-state index < -0.39 is 6.10 Å². The van der Waals surface area contributed by atoms with E-state index in [0.29, 0.717) is 5.75 Å². The predicted octanol–water partition coefficient (Wildman–Crippen LogP) is 0.847. The average molecular weight is 228 g/mol. The molecule has 0 aliphatic rings. The Morgan fingerprint density at radius 2 is 1.93 bits per heavy atom. The van der Waals surface area contributed by atoms with Gasteiger partial charge >= 0.3 is 0 Å². The Labute approximate surface area is 93.8 Å². The zero-order valence-corrected chi connectivity index (χ0v) is 10.0. The number of aliphatic hydroxyl groups is 2. The molecule has 15 heavy (non-hydrogen) atoms. The van der Waals surface area contributed by atoms with Gasteiger partial charge in [-0.2, -0.15) is 0 Å². The second-order valence-corrected chi connectivity index (χ2v) is 4.44. The van der Waals surface area contributed by atoms with E-state index >= 15 is 0 Å². The van der Waals surface area contributed by atoms with Crippen LogP contribution in [0.1, 0.15) is 17.1 Å². The molecule has 0 fully saturated rings. The number of rotatable bonds is 4. The van der Waals surface area contributed by atoms with Crippen LogP contribution in [-0.4, -0.2) is 38.6 Å². The molecule has 84 valence electrons. The standard InChI is InChI=1S/C10H16N2O2S/c1-6-7(2)11-8(3)12-10(6)15-5-9(14)4-13/h9,13-14H,4-5H2,1-3H3/t9-/m0/s1. The van der Waals surface area contributed by atoms with Gasteiger partial charge in [-0.3, -0.25) is 0 Å². The molecule has 1 rings (SSSR count). The molecule has 0 aliphatic carbocycles. The SMILES string of the molecule is Cc1nc(C)c(C)c(SC[C@@H](O)CO)n1. The summed E-state index contributed by atoms with van der Waals surface area (Å²) in [5.74, 6) is 1.19. The first kappa shape index (κ1) is 12.4. The van der Waals surface area contributed by atoms with Gasteiger partial charge < -0.3 is 10.2 Å². The molecule has 0 bridgehead atoms. The van der Waals surface area contributed by atoms with E-state index in [0.717, 1.165) is 22.1 Å². The molecular weight excluding hydrogens is 212 g/mol. The second kappa shape index (κ2) is 5.44. The fourth-order valence-electron chi connectivity index (χ4n) is 1.11. The fourth-order valence-corrected chi connectivity index (χ4v) is 2.12. The Bertz CT molecular complexity index is 344. The van der Waals surface area contributed by atoms with Crippen LogP contribution < -0.4 is 0 Å². The van der Waals surface area contributed by atoms with Crippen LogP contribution in [0, 0.1) is 20.8 Å². The van der Waals surface area contributed by atoms with Crippen molar-refractivity contribution in [2.45, 2.75) is 31.9 Å². The summed E-state index contributed by atoms with van der Waals surface area (Å²) >= 11 is 1.45. The number of nitrogens with zero attached hydrogens (tertiary/aromatic N) is 2. The minimum atomic E-state index is -0.690. The van der Waals surface area contributed by atoms with Crippen LogP contribution in [0.5, 0.6) is 0 Å². The topological polar surface area (TPSA) is 66.2 Å². The molecule has 2 N–H and O–H groups in total. The highest BCUT2D eigenvalue weighted by molar-refractivity contribution is 7.99. The van der Waals surface area contributed by atoms with E-state index in [4.69, 9.17) is 5.11 Å². The summed E-state index contributed by atoms with van der Waals surface area (Å²) in [5, 5.41) is 18.8. The van der Waals surface area contributed by atoms with E-state index in [9.17, 15) is 5.11 Å². The highest BCUT2D eigenvalue weighted by Crippen LogP contribution is 2.22. The van der Waals surface area contributed by atoms with E-state index in [1.54, 1.807) is 0 Å². The van der Waals surface area contributed by atoms with Crippen molar-refractivity contribution >= 4 is 11.8 Å². The Balaban J connectivity index is 2.76. The van der Waals surface area contributed by atoms with Gasteiger partial charge in [0.2, 0.25) is 0 Å². The van der Waals surface area contributed by atoms with Crippen molar-refractivity contribution in [3.63, 3.8) is 0 Å².